The summed E-state index contributed by atoms with van der Waals surface area (Å²) < 4.78 is 16.7. The number of rotatable bonds is 10. The van der Waals surface area contributed by atoms with Crippen molar-refractivity contribution in [3.63, 3.8) is 0 Å². The van der Waals surface area contributed by atoms with Gasteiger partial charge in [-0.25, -0.2) is 0 Å². The third kappa shape index (κ3) is 6.55. The molecule has 1 aliphatic carbocycles. The molecule has 0 aromatic rings. The summed E-state index contributed by atoms with van der Waals surface area (Å²) in [5.41, 5.74) is 0. The molecule has 0 radical (unpaired) electrons. The number of ether oxygens (including phenoxy) is 3. The van der Waals surface area contributed by atoms with Gasteiger partial charge in [-0.15, -0.1) is 0 Å². The highest BCUT2D eigenvalue weighted by Gasteiger charge is 2.33. The predicted octanol–water partition coefficient (Wildman–Crippen LogP) is 3.91. The van der Waals surface area contributed by atoms with Crippen LogP contribution in [0.5, 0.6) is 0 Å². The third-order valence-corrected chi connectivity index (χ3v) is 4.45. The second kappa shape index (κ2) is 10.6. The molecule has 0 aliphatic heterocycles. The third-order valence-electron chi connectivity index (χ3n) is 4.45. The average molecular weight is 286 g/mol. The van der Waals surface area contributed by atoms with Crippen LogP contribution in [0.1, 0.15) is 52.9 Å². The zero-order chi connectivity index (χ0) is 14.8. The van der Waals surface area contributed by atoms with Crippen LogP contribution in [0.3, 0.4) is 0 Å². The van der Waals surface area contributed by atoms with Gasteiger partial charge in [-0.1, -0.05) is 33.6 Å². The number of unbranched alkanes of at least 4 members (excludes halogenated alkanes) is 1. The van der Waals surface area contributed by atoms with Gasteiger partial charge in [0.25, 0.3) is 0 Å². The predicted molar refractivity (Wildman–Crippen MR) is 83.0 cm³/mol. The Balaban J connectivity index is 2.10. The van der Waals surface area contributed by atoms with Crippen LogP contribution in [0.25, 0.3) is 0 Å². The van der Waals surface area contributed by atoms with E-state index in [1.807, 2.05) is 0 Å². The van der Waals surface area contributed by atoms with E-state index in [9.17, 15) is 0 Å². The first-order chi connectivity index (χ1) is 9.66. The van der Waals surface area contributed by atoms with E-state index in [1.54, 1.807) is 7.11 Å². The van der Waals surface area contributed by atoms with Crippen LogP contribution in [0, 0.1) is 17.8 Å². The number of methoxy groups -OCH3 is 1. The second-order valence-electron chi connectivity index (χ2n) is 6.45. The van der Waals surface area contributed by atoms with Crippen LogP contribution >= 0.6 is 0 Å². The van der Waals surface area contributed by atoms with Crippen LogP contribution in [-0.2, 0) is 14.2 Å². The molecule has 120 valence electrons. The normalized spacial score (nSPS) is 27.1. The minimum Gasteiger partial charge on any atom is -0.385 e. The zero-order valence-corrected chi connectivity index (χ0v) is 13.9. The van der Waals surface area contributed by atoms with Crippen LogP contribution < -0.4 is 0 Å². The van der Waals surface area contributed by atoms with E-state index < -0.39 is 0 Å². The van der Waals surface area contributed by atoms with E-state index >= 15 is 0 Å². The van der Waals surface area contributed by atoms with Crippen LogP contribution in [-0.4, -0.2) is 39.6 Å². The molecule has 1 saturated carbocycles. The molecule has 3 atom stereocenters. The monoisotopic (exact) mass is 286 g/mol. The van der Waals surface area contributed by atoms with Crippen molar-refractivity contribution in [1.29, 1.82) is 0 Å². The minimum atomic E-state index is 0.441. The lowest BCUT2D eigenvalue weighted by Crippen LogP contribution is -2.37. The Bertz CT molecular complexity index is 230. The van der Waals surface area contributed by atoms with Gasteiger partial charge in [-0.05, 0) is 37.0 Å². The first-order valence-corrected chi connectivity index (χ1v) is 8.35. The van der Waals surface area contributed by atoms with Crippen molar-refractivity contribution in [3.8, 4) is 0 Å². The lowest BCUT2D eigenvalue weighted by molar-refractivity contribution is -0.0648. The Morgan fingerprint density at radius 3 is 2.45 bits per heavy atom. The Labute approximate surface area is 125 Å². The summed E-state index contributed by atoms with van der Waals surface area (Å²) in [6.45, 7) is 10.2. The highest BCUT2D eigenvalue weighted by Crippen LogP contribution is 2.36. The van der Waals surface area contributed by atoms with Crippen LogP contribution in [0.15, 0.2) is 0 Å². The van der Waals surface area contributed by atoms with E-state index in [0.29, 0.717) is 17.9 Å². The van der Waals surface area contributed by atoms with Gasteiger partial charge in [-0.2, -0.15) is 0 Å². The average Bonchev–Trinajstić information content (AvgIpc) is 2.41. The molecular weight excluding hydrogens is 252 g/mol. The van der Waals surface area contributed by atoms with Crippen molar-refractivity contribution >= 4 is 0 Å². The first kappa shape index (κ1) is 17.9. The maximum absolute atomic E-state index is 6.11. The fourth-order valence-corrected chi connectivity index (χ4v) is 3.48. The molecule has 3 nitrogen and oxygen atoms in total. The fraction of sp³-hybridized carbons (Fsp3) is 1.00. The summed E-state index contributed by atoms with van der Waals surface area (Å²) in [5, 5.41) is 0. The SMILES string of the molecule is COCCCCOCCOC1CCCC(C)C1C(C)C. The van der Waals surface area contributed by atoms with Crippen molar-refractivity contribution in [2.24, 2.45) is 17.8 Å². The molecule has 3 heteroatoms. The Kier molecular flexibility index (Phi) is 9.49. The smallest absolute Gasteiger partial charge is 0.0704 e. The quantitative estimate of drug-likeness (QED) is 0.570. The molecule has 0 bridgehead atoms. The van der Waals surface area contributed by atoms with Gasteiger partial charge in [0.15, 0.2) is 0 Å². The molecule has 20 heavy (non-hydrogen) atoms. The van der Waals surface area contributed by atoms with Crippen molar-refractivity contribution in [2.75, 3.05) is 33.5 Å². The van der Waals surface area contributed by atoms with Gasteiger partial charge in [0.2, 0.25) is 0 Å². The molecule has 1 aliphatic rings. The van der Waals surface area contributed by atoms with E-state index in [1.165, 1.54) is 19.3 Å². The first-order valence-electron chi connectivity index (χ1n) is 8.35. The molecule has 0 saturated heterocycles. The van der Waals surface area contributed by atoms with E-state index in [0.717, 1.165) is 45.2 Å². The van der Waals surface area contributed by atoms with Gasteiger partial charge in [0.1, 0.15) is 0 Å². The Morgan fingerprint density at radius 2 is 1.75 bits per heavy atom. The highest BCUT2D eigenvalue weighted by molar-refractivity contribution is 4.82. The summed E-state index contributed by atoms with van der Waals surface area (Å²) in [6, 6.07) is 0. The lowest BCUT2D eigenvalue weighted by atomic mass is 9.72. The highest BCUT2D eigenvalue weighted by atomic mass is 16.5. The maximum atomic E-state index is 6.11. The van der Waals surface area contributed by atoms with Crippen molar-refractivity contribution in [2.45, 2.75) is 59.0 Å². The molecule has 1 rings (SSSR count). The molecule has 0 spiro atoms. The van der Waals surface area contributed by atoms with Gasteiger partial charge in [0, 0.05) is 20.3 Å². The fourth-order valence-electron chi connectivity index (χ4n) is 3.48. The van der Waals surface area contributed by atoms with Crippen LogP contribution in [0.4, 0.5) is 0 Å². The molecule has 0 N–H and O–H groups in total. The van der Waals surface area contributed by atoms with Crippen molar-refractivity contribution < 1.29 is 14.2 Å². The molecule has 1 fully saturated rings. The minimum absolute atomic E-state index is 0.441. The number of hydrogen-bond acceptors (Lipinski definition) is 3. The lowest BCUT2D eigenvalue weighted by Gasteiger charge is -2.39. The Hall–Kier alpha value is -0.120. The van der Waals surface area contributed by atoms with Gasteiger partial charge >= 0.3 is 0 Å². The summed E-state index contributed by atoms with van der Waals surface area (Å²) >= 11 is 0. The molecule has 0 aromatic heterocycles. The summed E-state index contributed by atoms with van der Waals surface area (Å²) in [5.74, 6) is 2.22. The van der Waals surface area contributed by atoms with Gasteiger partial charge in [-0.3, -0.25) is 0 Å². The zero-order valence-electron chi connectivity index (χ0n) is 13.9. The van der Waals surface area contributed by atoms with Crippen LogP contribution in [0.2, 0.25) is 0 Å². The topological polar surface area (TPSA) is 27.7 Å². The molecule has 0 aromatic carbocycles. The molecular formula is C17H34O3. The van der Waals surface area contributed by atoms with Gasteiger partial charge < -0.3 is 14.2 Å². The summed E-state index contributed by atoms with van der Waals surface area (Å²) in [6.07, 6.45) is 6.48. The molecule has 0 heterocycles. The second-order valence-corrected chi connectivity index (χ2v) is 6.45. The number of hydrogen-bond donors (Lipinski definition) is 0. The molecule has 3 unspecified atom stereocenters. The van der Waals surface area contributed by atoms with E-state index in [4.69, 9.17) is 14.2 Å². The van der Waals surface area contributed by atoms with Gasteiger partial charge in [0.05, 0.1) is 19.3 Å². The summed E-state index contributed by atoms with van der Waals surface area (Å²) in [4.78, 5) is 0. The van der Waals surface area contributed by atoms with Crippen molar-refractivity contribution in [1.82, 2.24) is 0 Å². The standard InChI is InChI=1S/C17H34O3/c1-14(2)17-15(3)8-7-9-16(17)20-13-12-19-11-6-5-10-18-4/h14-17H,5-13H2,1-4H3. The van der Waals surface area contributed by atoms with Crippen molar-refractivity contribution in [3.05, 3.63) is 0 Å². The Morgan fingerprint density at radius 1 is 1.00 bits per heavy atom. The largest absolute Gasteiger partial charge is 0.385 e. The summed E-state index contributed by atoms with van der Waals surface area (Å²) in [7, 11) is 1.74. The van der Waals surface area contributed by atoms with E-state index in [2.05, 4.69) is 20.8 Å². The molecule has 0 amide bonds. The maximum Gasteiger partial charge on any atom is 0.0704 e. The van der Waals surface area contributed by atoms with E-state index in [-0.39, 0.29) is 0 Å².